The van der Waals surface area contributed by atoms with E-state index in [4.69, 9.17) is 0 Å². The zero-order valence-electron chi connectivity index (χ0n) is 9.13. The van der Waals surface area contributed by atoms with Gasteiger partial charge >= 0.3 is 23.6 Å². The average Bonchev–Trinajstić information content (AvgIpc) is 2.32. The molecular weight excluding hydrogens is 276 g/mol. The summed E-state index contributed by atoms with van der Waals surface area (Å²) in [6.45, 7) is 0.659. The van der Waals surface area contributed by atoms with E-state index in [1.165, 1.54) is 6.92 Å². The van der Waals surface area contributed by atoms with Crippen molar-refractivity contribution in [3.63, 3.8) is 0 Å². The van der Waals surface area contributed by atoms with Gasteiger partial charge < -0.3 is 4.74 Å². The van der Waals surface area contributed by atoms with E-state index >= 15 is 0 Å². The van der Waals surface area contributed by atoms with Crippen molar-refractivity contribution < 1.29 is 39.9 Å². The Hall–Kier alpha value is -0.600. The molecule has 0 saturated heterocycles. The molecule has 0 aromatic heterocycles. The molecule has 0 aromatic carbocycles. The molecule has 9 heteroatoms. The Morgan fingerprint density at radius 2 is 1.44 bits per heavy atom. The van der Waals surface area contributed by atoms with Crippen LogP contribution in [0, 0.1) is 0 Å². The summed E-state index contributed by atoms with van der Waals surface area (Å²) in [5.74, 6) is -23.0. The van der Waals surface area contributed by atoms with Gasteiger partial charge in [-0.05, 0) is 6.42 Å². The summed E-state index contributed by atoms with van der Waals surface area (Å²) < 4.78 is 107. The van der Waals surface area contributed by atoms with Crippen LogP contribution in [0.4, 0.5) is 35.1 Å². The summed E-state index contributed by atoms with van der Waals surface area (Å²) in [6.07, 6.45) is -4.20. The third kappa shape index (κ3) is 1.62. The first kappa shape index (κ1) is 15.5. The minimum atomic E-state index is -6.15. The first-order chi connectivity index (χ1) is 7.97. The highest BCUT2D eigenvalue weighted by atomic mass is 19.4. The van der Waals surface area contributed by atoms with Crippen LogP contribution in [0.15, 0.2) is 0 Å². The minimum Gasteiger partial charge on any atom is -0.339 e. The molecular formula is C9H10F8O. The fourth-order valence-electron chi connectivity index (χ4n) is 1.50. The standard InChI is InChI=1S/C9H10F8O/c1-2-3-4-18-7(13)5(10)6(11,12)8(14,15)9(7,16)17/h5H,2-4H2,1H3. The monoisotopic (exact) mass is 286 g/mol. The van der Waals surface area contributed by atoms with Crippen LogP contribution in [-0.2, 0) is 4.74 Å². The van der Waals surface area contributed by atoms with Crippen LogP contribution in [0.3, 0.4) is 0 Å². The van der Waals surface area contributed by atoms with Gasteiger partial charge in [0.1, 0.15) is 0 Å². The Kier molecular flexibility index (Phi) is 3.61. The molecule has 1 rings (SSSR count). The van der Waals surface area contributed by atoms with E-state index in [-0.39, 0.29) is 6.42 Å². The highest BCUT2D eigenvalue weighted by Gasteiger charge is 2.94. The van der Waals surface area contributed by atoms with Gasteiger partial charge in [-0.3, -0.25) is 0 Å². The van der Waals surface area contributed by atoms with E-state index in [2.05, 4.69) is 4.74 Å². The Labute approximate surface area is 97.1 Å². The topological polar surface area (TPSA) is 9.23 Å². The summed E-state index contributed by atoms with van der Waals surface area (Å²) >= 11 is 0. The van der Waals surface area contributed by atoms with E-state index in [1.54, 1.807) is 0 Å². The first-order valence-electron chi connectivity index (χ1n) is 5.07. The molecule has 0 spiro atoms. The molecule has 0 aromatic rings. The van der Waals surface area contributed by atoms with Crippen LogP contribution in [0.25, 0.3) is 0 Å². The predicted octanol–water partition coefficient (Wildman–Crippen LogP) is 3.73. The van der Waals surface area contributed by atoms with Crippen LogP contribution >= 0.6 is 0 Å². The van der Waals surface area contributed by atoms with Gasteiger partial charge in [0.25, 0.3) is 0 Å². The van der Waals surface area contributed by atoms with Gasteiger partial charge in [-0.2, -0.15) is 26.3 Å². The van der Waals surface area contributed by atoms with Gasteiger partial charge in [0.05, 0.1) is 6.61 Å². The third-order valence-electron chi connectivity index (χ3n) is 2.70. The predicted molar refractivity (Wildman–Crippen MR) is 44.4 cm³/mol. The molecule has 0 radical (unpaired) electrons. The number of alkyl halides is 8. The van der Waals surface area contributed by atoms with Gasteiger partial charge in [-0.1, -0.05) is 13.3 Å². The van der Waals surface area contributed by atoms with Crippen molar-refractivity contribution in [3.05, 3.63) is 0 Å². The normalized spacial score (nSPS) is 36.8. The molecule has 0 bridgehead atoms. The lowest BCUT2D eigenvalue weighted by Gasteiger charge is -2.28. The van der Waals surface area contributed by atoms with Crippen molar-refractivity contribution in [1.82, 2.24) is 0 Å². The molecule has 1 fully saturated rings. The third-order valence-corrected chi connectivity index (χ3v) is 2.70. The molecule has 0 N–H and O–H groups in total. The van der Waals surface area contributed by atoms with E-state index in [0.29, 0.717) is 6.42 Å². The Balaban J connectivity index is 3.12. The number of ether oxygens (including phenoxy) is 1. The summed E-state index contributed by atoms with van der Waals surface area (Å²) in [4.78, 5) is 0. The molecule has 1 aliphatic carbocycles. The zero-order valence-corrected chi connectivity index (χ0v) is 9.13. The van der Waals surface area contributed by atoms with Crippen LogP contribution in [0.2, 0.25) is 0 Å². The van der Waals surface area contributed by atoms with Crippen molar-refractivity contribution in [2.45, 2.75) is 49.6 Å². The molecule has 18 heavy (non-hydrogen) atoms. The number of rotatable bonds is 4. The zero-order chi connectivity index (χ0) is 14.4. The van der Waals surface area contributed by atoms with Crippen LogP contribution in [-0.4, -0.2) is 36.4 Å². The summed E-state index contributed by atoms with van der Waals surface area (Å²) in [6, 6.07) is 0. The van der Waals surface area contributed by atoms with Crippen molar-refractivity contribution in [1.29, 1.82) is 0 Å². The van der Waals surface area contributed by atoms with Crippen LogP contribution in [0.1, 0.15) is 19.8 Å². The summed E-state index contributed by atoms with van der Waals surface area (Å²) in [5, 5.41) is 0. The molecule has 0 aliphatic heterocycles. The average molecular weight is 286 g/mol. The summed E-state index contributed by atoms with van der Waals surface area (Å²) in [5.41, 5.74) is 0. The largest absolute Gasteiger partial charge is 0.381 e. The van der Waals surface area contributed by atoms with Gasteiger partial charge in [0.2, 0.25) is 6.17 Å². The lowest BCUT2D eigenvalue weighted by molar-refractivity contribution is -0.330. The van der Waals surface area contributed by atoms with Gasteiger partial charge in [-0.25, -0.2) is 8.78 Å². The first-order valence-corrected chi connectivity index (χ1v) is 5.07. The minimum absolute atomic E-state index is 0.0639. The van der Waals surface area contributed by atoms with Gasteiger partial charge in [-0.15, -0.1) is 0 Å². The fourth-order valence-corrected chi connectivity index (χ4v) is 1.50. The van der Waals surface area contributed by atoms with Crippen molar-refractivity contribution >= 4 is 0 Å². The van der Waals surface area contributed by atoms with Crippen LogP contribution in [0.5, 0.6) is 0 Å². The van der Waals surface area contributed by atoms with Crippen molar-refractivity contribution in [3.8, 4) is 0 Å². The Bertz CT molecular complexity index is 318. The second-order valence-electron chi connectivity index (χ2n) is 3.98. The molecule has 0 amide bonds. The second-order valence-corrected chi connectivity index (χ2v) is 3.98. The molecule has 0 heterocycles. The maximum absolute atomic E-state index is 13.5. The molecule has 2 unspecified atom stereocenters. The lowest BCUT2D eigenvalue weighted by atomic mass is 10.1. The maximum atomic E-state index is 13.5. The van der Waals surface area contributed by atoms with Crippen molar-refractivity contribution in [2.24, 2.45) is 0 Å². The fraction of sp³-hybridized carbons (Fsp3) is 1.00. The molecule has 1 nitrogen and oxygen atoms in total. The molecule has 1 aliphatic rings. The molecule has 2 atom stereocenters. The highest BCUT2D eigenvalue weighted by molar-refractivity contribution is 5.19. The quantitative estimate of drug-likeness (QED) is 0.565. The molecule has 108 valence electrons. The molecule has 1 saturated carbocycles. The number of unbranched alkanes of at least 4 members (excludes halogenated alkanes) is 1. The summed E-state index contributed by atoms with van der Waals surface area (Å²) in [7, 11) is 0. The number of halogens is 8. The van der Waals surface area contributed by atoms with E-state index < -0.39 is 36.4 Å². The highest BCUT2D eigenvalue weighted by Crippen LogP contribution is 2.63. The van der Waals surface area contributed by atoms with E-state index in [1.807, 2.05) is 0 Å². The number of hydrogen-bond acceptors (Lipinski definition) is 1. The van der Waals surface area contributed by atoms with Crippen LogP contribution < -0.4 is 0 Å². The maximum Gasteiger partial charge on any atom is 0.381 e. The van der Waals surface area contributed by atoms with Gasteiger partial charge in [0.15, 0.2) is 0 Å². The SMILES string of the molecule is CCCCOC1(F)C(F)C(F)(F)C(F)(F)C1(F)F. The van der Waals surface area contributed by atoms with Gasteiger partial charge in [0, 0.05) is 0 Å². The van der Waals surface area contributed by atoms with E-state index in [0.717, 1.165) is 0 Å². The Morgan fingerprint density at radius 1 is 0.944 bits per heavy atom. The Morgan fingerprint density at radius 3 is 1.78 bits per heavy atom. The second kappa shape index (κ2) is 4.21. The van der Waals surface area contributed by atoms with Crippen molar-refractivity contribution in [2.75, 3.05) is 6.61 Å². The van der Waals surface area contributed by atoms with E-state index in [9.17, 15) is 35.1 Å². The smallest absolute Gasteiger partial charge is 0.339 e. The lowest BCUT2D eigenvalue weighted by Crippen LogP contribution is -2.54. The number of hydrogen-bond donors (Lipinski definition) is 0.